The molecule has 0 aromatic carbocycles. The van der Waals surface area contributed by atoms with Crippen LogP contribution in [0.3, 0.4) is 0 Å². The molecule has 11 nitrogen and oxygen atoms in total. The van der Waals surface area contributed by atoms with Gasteiger partial charge in [-0.2, -0.15) is 15.3 Å². The lowest BCUT2D eigenvalue weighted by Crippen LogP contribution is -2.50. The van der Waals surface area contributed by atoms with Crippen LogP contribution in [0.2, 0.25) is 0 Å². The molecule has 1 unspecified atom stereocenters. The second-order valence-corrected chi connectivity index (χ2v) is 11.3. The largest absolute Gasteiger partial charge is 0.339 e. The van der Waals surface area contributed by atoms with Crippen molar-refractivity contribution in [2.24, 2.45) is 17.8 Å². The summed E-state index contributed by atoms with van der Waals surface area (Å²) in [6.07, 6.45) is 11.4. The molecule has 0 saturated heterocycles. The fourth-order valence-corrected chi connectivity index (χ4v) is 5.43. The first kappa shape index (κ1) is 24.6. The van der Waals surface area contributed by atoms with Gasteiger partial charge in [-0.05, 0) is 82.3 Å². The Morgan fingerprint density at radius 1 is 1.11 bits per heavy atom. The normalized spacial score (nSPS) is 18.1. The van der Waals surface area contributed by atoms with Crippen LogP contribution in [0.4, 0.5) is 5.69 Å². The highest BCUT2D eigenvalue weighted by Crippen LogP contribution is 2.51. The number of carbonyl (C=O) groups is 2. The molecule has 3 fully saturated rings. The summed E-state index contributed by atoms with van der Waals surface area (Å²) < 4.78 is 3.30. The maximum atomic E-state index is 13.6. The number of nitrogens with one attached hydrogen (secondary N) is 3. The van der Waals surface area contributed by atoms with Crippen LogP contribution >= 0.6 is 0 Å². The van der Waals surface area contributed by atoms with Gasteiger partial charge in [0.25, 0.3) is 11.5 Å². The molecule has 3 aliphatic carbocycles. The SMILES string of the molecule is CC(C)n1nccc1C(=O)NC(C(=O)Nc1cnn(Cc2cc(C3CC3)n[nH]c2=O)c1)C(C1CC1)C1CC1. The standard InChI is InChI=1S/C27H34N8O3/c1-15(2)35-22(9-10-28-35)26(37)31-24(23(17-5-6-17)18-7-8-18)27(38)30-20-12-29-34(14-20)13-19-11-21(16-3-4-16)32-33-25(19)36/h9-12,14-18,23-24H,3-8,13H2,1-2H3,(H,30,38)(H,31,37)(H,33,36). The van der Waals surface area contributed by atoms with E-state index >= 15 is 0 Å². The highest BCUT2D eigenvalue weighted by molar-refractivity contribution is 6.00. The van der Waals surface area contributed by atoms with Crippen LogP contribution in [0.5, 0.6) is 0 Å². The van der Waals surface area contributed by atoms with Gasteiger partial charge in [0.05, 0.1) is 24.1 Å². The first-order valence-electron chi connectivity index (χ1n) is 13.6. The van der Waals surface area contributed by atoms with Crippen LogP contribution in [0.15, 0.2) is 35.5 Å². The average Bonchev–Trinajstić information content (AvgIpc) is 3.80. The Hall–Kier alpha value is -3.76. The van der Waals surface area contributed by atoms with Crippen molar-refractivity contribution in [2.75, 3.05) is 5.32 Å². The summed E-state index contributed by atoms with van der Waals surface area (Å²) in [5.74, 6) is 0.915. The number of aromatic nitrogens is 6. The summed E-state index contributed by atoms with van der Waals surface area (Å²) in [6, 6.07) is 2.91. The van der Waals surface area contributed by atoms with Crippen LogP contribution in [0.1, 0.15) is 86.1 Å². The Kier molecular flexibility index (Phi) is 6.37. The number of carbonyl (C=O) groups excluding carboxylic acids is 2. The highest BCUT2D eigenvalue weighted by Gasteiger charge is 2.48. The summed E-state index contributed by atoms with van der Waals surface area (Å²) in [5, 5.41) is 21.4. The molecule has 3 aliphatic rings. The summed E-state index contributed by atoms with van der Waals surface area (Å²) in [6.45, 7) is 4.21. The Bertz CT molecular complexity index is 1380. The first-order valence-corrected chi connectivity index (χ1v) is 13.6. The van der Waals surface area contributed by atoms with Gasteiger partial charge in [0.2, 0.25) is 5.91 Å². The van der Waals surface area contributed by atoms with Crippen molar-refractivity contribution >= 4 is 17.5 Å². The second-order valence-electron chi connectivity index (χ2n) is 11.3. The van der Waals surface area contributed by atoms with E-state index in [9.17, 15) is 14.4 Å². The monoisotopic (exact) mass is 518 g/mol. The van der Waals surface area contributed by atoms with E-state index in [-0.39, 0.29) is 35.9 Å². The number of nitrogens with zero attached hydrogens (tertiary/aromatic N) is 5. The van der Waals surface area contributed by atoms with Crippen molar-refractivity contribution in [3.63, 3.8) is 0 Å². The maximum Gasteiger partial charge on any atom is 0.270 e. The van der Waals surface area contributed by atoms with Crippen molar-refractivity contribution in [1.82, 2.24) is 35.1 Å². The average molecular weight is 519 g/mol. The highest BCUT2D eigenvalue weighted by atomic mass is 16.2. The number of hydrogen-bond acceptors (Lipinski definition) is 6. The number of rotatable bonds is 11. The van der Waals surface area contributed by atoms with Crippen molar-refractivity contribution in [3.05, 3.63) is 58.0 Å². The minimum atomic E-state index is -0.648. The summed E-state index contributed by atoms with van der Waals surface area (Å²) in [7, 11) is 0. The molecular formula is C27H34N8O3. The molecule has 0 aliphatic heterocycles. The molecule has 3 aromatic rings. The Labute approximate surface area is 220 Å². The molecule has 3 aromatic heterocycles. The number of amides is 2. The topological polar surface area (TPSA) is 140 Å². The van der Waals surface area contributed by atoms with Gasteiger partial charge in [-0.3, -0.25) is 23.7 Å². The van der Waals surface area contributed by atoms with Crippen molar-refractivity contribution in [3.8, 4) is 0 Å². The van der Waals surface area contributed by atoms with Gasteiger partial charge in [-0.25, -0.2) is 5.10 Å². The van der Waals surface area contributed by atoms with E-state index in [1.54, 1.807) is 34.0 Å². The Morgan fingerprint density at radius 3 is 2.50 bits per heavy atom. The van der Waals surface area contributed by atoms with Gasteiger partial charge in [-0.15, -0.1) is 0 Å². The molecule has 3 N–H and O–H groups in total. The molecule has 3 saturated carbocycles. The third kappa shape index (κ3) is 5.27. The molecule has 1 atom stereocenters. The van der Waals surface area contributed by atoms with E-state index in [4.69, 9.17) is 0 Å². The molecule has 0 radical (unpaired) electrons. The molecule has 0 bridgehead atoms. The molecule has 6 rings (SSSR count). The van der Waals surface area contributed by atoms with Crippen LogP contribution in [-0.2, 0) is 11.3 Å². The third-order valence-electron chi connectivity index (χ3n) is 7.81. The van der Waals surface area contributed by atoms with E-state index in [0.717, 1.165) is 44.2 Å². The van der Waals surface area contributed by atoms with E-state index in [1.165, 1.54) is 0 Å². The Balaban J connectivity index is 1.18. The third-order valence-corrected chi connectivity index (χ3v) is 7.81. The minimum absolute atomic E-state index is 0.0273. The fourth-order valence-electron chi connectivity index (χ4n) is 5.43. The minimum Gasteiger partial charge on any atom is -0.339 e. The van der Waals surface area contributed by atoms with Gasteiger partial charge in [0.1, 0.15) is 11.7 Å². The van der Waals surface area contributed by atoms with Crippen molar-refractivity contribution < 1.29 is 9.59 Å². The lowest BCUT2D eigenvalue weighted by Gasteiger charge is -2.27. The second kappa shape index (κ2) is 9.85. The summed E-state index contributed by atoms with van der Waals surface area (Å²) in [4.78, 5) is 39.2. The molecule has 38 heavy (non-hydrogen) atoms. The molecular weight excluding hydrogens is 484 g/mol. The molecule has 200 valence electrons. The van der Waals surface area contributed by atoms with Gasteiger partial charge >= 0.3 is 0 Å². The van der Waals surface area contributed by atoms with Crippen LogP contribution < -0.4 is 16.2 Å². The number of aromatic amines is 1. The molecule has 11 heteroatoms. The zero-order valence-corrected chi connectivity index (χ0v) is 21.8. The fraction of sp³-hybridized carbons (Fsp3) is 0.556. The van der Waals surface area contributed by atoms with Crippen molar-refractivity contribution in [2.45, 2.75) is 76.9 Å². The predicted octanol–water partition coefficient (Wildman–Crippen LogP) is 2.84. The summed E-state index contributed by atoms with van der Waals surface area (Å²) >= 11 is 0. The van der Waals surface area contributed by atoms with E-state index in [2.05, 4.69) is 31.0 Å². The van der Waals surface area contributed by atoms with Crippen molar-refractivity contribution in [1.29, 1.82) is 0 Å². The molecule has 2 amide bonds. The van der Waals surface area contributed by atoms with Crippen LogP contribution in [0, 0.1) is 17.8 Å². The quantitative estimate of drug-likeness (QED) is 0.357. The van der Waals surface area contributed by atoms with E-state index in [0.29, 0.717) is 34.7 Å². The first-order chi connectivity index (χ1) is 18.4. The molecule has 0 spiro atoms. The van der Waals surface area contributed by atoms with Crippen LogP contribution in [-0.4, -0.2) is 47.6 Å². The van der Waals surface area contributed by atoms with E-state index < -0.39 is 6.04 Å². The summed E-state index contributed by atoms with van der Waals surface area (Å²) in [5.41, 5.74) is 2.22. The zero-order chi connectivity index (χ0) is 26.4. The number of hydrogen-bond donors (Lipinski definition) is 3. The lowest BCUT2D eigenvalue weighted by atomic mass is 9.88. The van der Waals surface area contributed by atoms with Gasteiger partial charge in [-0.1, -0.05) is 0 Å². The van der Waals surface area contributed by atoms with Gasteiger partial charge < -0.3 is 10.6 Å². The zero-order valence-electron chi connectivity index (χ0n) is 21.8. The lowest BCUT2D eigenvalue weighted by molar-refractivity contribution is -0.119. The van der Waals surface area contributed by atoms with Crippen LogP contribution in [0.25, 0.3) is 0 Å². The number of anilines is 1. The predicted molar refractivity (Wildman–Crippen MR) is 140 cm³/mol. The van der Waals surface area contributed by atoms with Gasteiger partial charge in [0, 0.05) is 29.9 Å². The smallest absolute Gasteiger partial charge is 0.270 e. The Morgan fingerprint density at radius 2 is 1.84 bits per heavy atom. The van der Waals surface area contributed by atoms with E-state index in [1.807, 2.05) is 19.9 Å². The molecule has 3 heterocycles. The number of H-pyrrole nitrogens is 1. The van der Waals surface area contributed by atoms with Gasteiger partial charge in [0.15, 0.2) is 0 Å². The maximum absolute atomic E-state index is 13.6.